The summed E-state index contributed by atoms with van der Waals surface area (Å²) in [5, 5.41) is 19.4. The monoisotopic (exact) mass is 835 g/mol. The summed E-state index contributed by atoms with van der Waals surface area (Å²) in [6.45, 7) is 1.86. The third-order valence-corrected chi connectivity index (χ3v) is 14.7. The highest BCUT2D eigenvalue weighted by atomic mass is 35.5. The van der Waals surface area contributed by atoms with Crippen molar-refractivity contribution in [2.75, 3.05) is 11.9 Å². The van der Waals surface area contributed by atoms with Gasteiger partial charge < -0.3 is 4.90 Å². The van der Waals surface area contributed by atoms with E-state index in [9.17, 15) is 15.5 Å². The molecule has 0 aromatic heterocycles. The van der Waals surface area contributed by atoms with Crippen LogP contribution in [0.5, 0.6) is 0 Å². The van der Waals surface area contributed by atoms with E-state index in [0.717, 1.165) is 38.5 Å². The van der Waals surface area contributed by atoms with Gasteiger partial charge in [-0.15, -0.1) is 0 Å². The normalized spacial score (nSPS) is 22.5. The number of nitriles is 1. The highest BCUT2D eigenvalue weighted by molar-refractivity contribution is 6.33. The van der Waals surface area contributed by atoms with Crippen LogP contribution in [0.25, 0.3) is 0 Å². The number of carbonyl (C=O) groups is 1. The quantitative estimate of drug-likeness (QED) is 0.306. The van der Waals surface area contributed by atoms with E-state index in [0.29, 0.717) is 27.7 Å². The van der Waals surface area contributed by atoms with Gasteiger partial charge in [-0.1, -0.05) is 262 Å². The van der Waals surface area contributed by atoms with Crippen LogP contribution in [0, 0.1) is 23.7 Å². The van der Waals surface area contributed by atoms with Gasteiger partial charge in [0.25, 0.3) is 0 Å². The second-order valence-electron chi connectivity index (χ2n) is 19.0. The number of benzene rings is 1. The van der Waals surface area contributed by atoms with E-state index >= 15 is 0 Å². The molecular formula is C53H91ClN4O. The Morgan fingerprint density at radius 2 is 0.763 bits per heavy atom. The van der Waals surface area contributed by atoms with Crippen LogP contribution in [0.3, 0.4) is 0 Å². The van der Waals surface area contributed by atoms with Crippen LogP contribution in [0.1, 0.15) is 274 Å². The minimum absolute atomic E-state index is 0.152. The molecule has 0 unspecified atom stereocenters. The van der Waals surface area contributed by atoms with Crippen molar-refractivity contribution in [3.63, 3.8) is 0 Å². The number of anilines is 1. The molecule has 0 atom stereocenters. The maximum absolute atomic E-state index is 13.9. The first-order chi connectivity index (χ1) is 28.9. The van der Waals surface area contributed by atoms with Crippen molar-refractivity contribution in [1.82, 2.24) is 4.90 Å². The molecule has 1 aromatic rings. The largest absolute Gasteiger partial charge is 0.330 e. The molecule has 0 radical (unpaired) electrons. The molecule has 2 aliphatic rings. The molecule has 3 rings (SSSR count). The van der Waals surface area contributed by atoms with Gasteiger partial charge in [-0.3, -0.25) is 5.41 Å². The number of rotatable bonds is 1. The minimum Gasteiger partial charge on any atom is -0.314 e. The molecule has 2 fully saturated rings. The van der Waals surface area contributed by atoms with Crippen molar-refractivity contribution < 1.29 is 4.79 Å². The number of hydrogen-bond acceptors (Lipinski definition) is 3. The zero-order chi connectivity index (χ0) is 42.2. The van der Waals surface area contributed by atoms with Gasteiger partial charge in [0.2, 0.25) is 0 Å². The van der Waals surface area contributed by atoms with E-state index in [1.54, 1.807) is 17.0 Å². The SMILES string of the molecule is Cc1c(N2C(=N)C3(CCCCCCCCCCCCCCCCCCCCCCCCCCCCCCCCCCCCCCCCC3)N(C)C2=O)ccc(C#N)c1Cl. The fourth-order valence-electron chi connectivity index (χ4n) is 10.1. The van der Waals surface area contributed by atoms with Crippen molar-refractivity contribution in [3.8, 4) is 6.07 Å². The molecule has 5 nitrogen and oxygen atoms in total. The van der Waals surface area contributed by atoms with E-state index in [-0.39, 0.29) is 6.03 Å². The number of nitrogens with one attached hydrogen (secondary N) is 1. The van der Waals surface area contributed by atoms with Crippen LogP contribution >= 0.6 is 11.6 Å². The predicted molar refractivity (Wildman–Crippen MR) is 256 cm³/mol. The fourth-order valence-corrected chi connectivity index (χ4v) is 10.3. The lowest BCUT2D eigenvalue weighted by molar-refractivity contribution is 0.179. The Morgan fingerprint density at radius 1 is 0.508 bits per heavy atom. The number of nitrogens with zero attached hydrogens (tertiary/aromatic N) is 3. The second-order valence-corrected chi connectivity index (χ2v) is 19.4. The van der Waals surface area contributed by atoms with Crippen LogP contribution in [-0.4, -0.2) is 29.4 Å². The van der Waals surface area contributed by atoms with Gasteiger partial charge in [0, 0.05) is 7.05 Å². The van der Waals surface area contributed by atoms with Gasteiger partial charge in [-0.2, -0.15) is 5.26 Å². The number of hydrogen-bond donors (Lipinski definition) is 1. The van der Waals surface area contributed by atoms with E-state index in [2.05, 4.69) is 6.07 Å². The summed E-state index contributed by atoms with van der Waals surface area (Å²) in [5.74, 6) is 0.380. The third-order valence-electron chi connectivity index (χ3n) is 14.2. The number of halogens is 1. The van der Waals surface area contributed by atoms with Gasteiger partial charge >= 0.3 is 6.03 Å². The van der Waals surface area contributed by atoms with E-state index in [4.69, 9.17) is 11.6 Å². The number of urea groups is 1. The lowest BCUT2D eigenvalue weighted by Crippen LogP contribution is -2.47. The molecule has 2 amide bonds. The average Bonchev–Trinajstić information content (AvgIpc) is 3.41. The molecule has 1 aliphatic heterocycles. The Bertz CT molecular complexity index is 1260. The summed E-state index contributed by atoms with van der Waals surface area (Å²) in [6, 6.07) is 5.48. The summed E-state index contributed by atoms with van der Waals surface area (Å²) < 4.78 is 0. The predicted octanol–water partition coefficient (Wildman–Crippen LogP) is 18.1. The molecule has 6 heteroatoms. The van der Waals surface area contributed by atoms with Gasteiger partial charge in [0.15, 0.2) is 0 Å². The topological polar surface area (TPSA) is 71.2 Å². The van der Waals surface area contributed by atoms with Crippen molar-refractivity contribution in [2.24, 2.45) is 0 Å². The summed E-state index contributed by atoms with van der Waals surface area (Å²) in [6.07, 6.45) is 55.2. The van der Waals surface area contributed by atoms with Gasteiger partial charge in [0.05, 0.1) is 16.3 Å². The molecule has 1 heterocycles. The standard InChI is InChI=1S/C53H91ClN4O/c1-47-49(43-42-48(46-55)50(47)54)58-51(56)53(57(2)52(58)59)44-40-38-36-34-32-30-28-26-24-22-20-18-16-14-12-10-8-6-4-3-5-7-9-11-13-15-17-19-21-23-25-27-29-31-33-35-37-39-41-45-53/h42-43,56H,3-41,44-45H2,1-2H3. The average molecular weight is 836 g/mol. The number of likely N-dealkylation sites (N-methyl/N-ethyl adjacent to an activating group) is 1. The lowest BCUT2D eigenvalue weighted by Gasteiger charge is -2.35. The number of amides is 2. The van der Waals surface area contributed by atoms with E-state index < -0.39 is 5.54 Å². The van der Waals surface area contributed by atoms with Gasteiger partial charge in [0.1, 0.15) is 17.4 Å². The summed E-state index contributed by atoms with van der Waals surface area (Å²) in [5.41, 5.74) is 1.12. The Balaban J connectivity index is 1.44. The third kappa shape index (κ3) is 19.7. The van der Waals surface area contributed by atoms with E-state index in [1.807, 2.05) is 18.9 Å². The molecule has 1 aromatic carbocycles. The summed E-state index contributed by atoms with van der Waals surface area (Å²) >= 11 is 6.58. The first-order valence-corrected chi connectivity index (χ1v) is 26.2. The van der Waals surface area contributed by atoms with Crippen LogP contribution in [0.15, 0.2) is 12.1 Å². The van der Waals surface area contributed by atoms with Crippen molar-refractivity contribution in [1.29, 1.82) is 10.7 Å². The molecule has 1 aliphatic carbocycles. The summed E-state index contributed by atoms with van der Waals surface area (Å²) in [4.78, 5) is 17.4. The van der Waals surface area contributed by atoms with Crippen molar-refractivity contribution >= 4 is 29.2 Å². The summed E-state index contributed by atoms with van der Waals surface area (Å²) in [7, 11) is 1.91. The Kier molecular flexibility index (Phi) is 28.4. The maximum Gasteiger partial charge on any atom is 0.330 e. The molecule has 59 heavy (non-hydrogen) atoms. The molecule has 0 bridgehead atoms. The molecular weight excluding hydrogens is 744 g/mol. The number of carbonyl (C=O) groups excluding carboxylic acids is 1. The Hall–Kier alpha value is -2.06. The lowest BCUT2D eigenvalue weighted by atomic mass is 9.84. The molecule has 1 saturated carbocycles. The molecule has 336 valence electrons. The van der Waals surface area contributed by atoms with Crippen LogP contribution in [-0.2, 0) is 0 Å². The van der Waals surface area contributed by atoms with Gasteiger partial charge in [-0.05, 0) is 37.5 Å². The zero-order valence-electron chi connectivity index (χ0n) is 38.8. The van der Waals surface area contributed by atoms with Crippen molar-refractivity contribution in [2.45, 2.75) is 276 Å². The first-order valence-electron chi connectivity index (χ1n) is 25.8. The zero-order valence-corrected chi connectivity index (χ0v) is 39.5. The van der Waals surface area contributed by atoms with Gasteiger partial charge in [-0.25, -0.2) is 9.69 Å². The van der Waals surface area contributed by atoms with Crippen molar-refractivity contribution in [3.05, 3.63) is 28.3 Å². The van der Waals surface area contributed by atoms with Crippen LogP contribution in [0.2, 0.25) is 5.02 Å². The fraction of sp³-hybridized carbons (Fsp3) is 0.830. The Labute approximate surface area is 370 Å². The highest BCUT2D eigenvalue weighted by Crippen LogP contribution is 2.41. The molecule has 1 saturated heterocycles. The van der Waals surface area contributed by atoms with Crippen LogP contribution in [0.4, 0.5) is 10.5 Å². The maximum atomic E-state index is 13.9. The minimum atomic E-state index is -0.601. The highest BCUT2D eigenvalue weighted by Gasteiger charge is 2.52. The Morgan fingerprint density at radius 3 is 1.02 bits per heavy atom. The molecule has 1 spiro atoms. The van der Waals surface area contributed by atoms with Crippen LogP contribution < -0.4 is 4.90 Å². The van der Waals surface area contributed by atoms with E-state index in [1.165, 1.54) is 225 Å². The molecule has 1 N–H and O–H groups in total. The number of amidine groups is 1. The second kappa shape index (κ2) is 32.6. The smallest absolute Gasteiger partial charge is 0.314 e. The first kappa shape index (κ1) is 51.3.